The van der Waals surface area contributed by atoms with Crippen LogP contribution in [0.4, 0.5) is 4.79 Å². The zero-order valence-corrected chi connectivity index (χ0v) is 16.7. The lowest BCUT2D eigenvalue weighted by molar-refractivity contribution is -0.135. The van der Waals surface area contributed by atoms with Crippen molar-refractivity contribution in [1.82, 2.24) is 10.2 Å². The minimum absolute atomic E-state index is 0.131. The number of carbonyl (C=O) groups is 2. The summed E-state index contributed by atoms with van der Waals surface area (Å²) in [6.45, 7) is 11.0. The number of alkyl carbamates (subject to hydrolysis) is 1. The highest BCUT2D eigenvalue weighted by atomic mass is 16.6. The van der Waals surface area contributed by atoms with Crippen molar-refractivity contribution in [3.05, 3.63) is 0 Å². The fourth-order valence-corrected chi connectivity index (χ4v) is 4.15. The number of amides is 2. The van der Waals surface area contributed by atoms with E-state index in [4.69, 9.17) is 4.74 Å². The smallest absolute Gasteiger partial charge is 0.408 e. The highest BCUT2D eigenvalue weighted by Crippen LogP contribution is 2.44. The van der Waals surface area contributed by atoms with Crippen LogP contribution in [0.25, 0.3) is 0 Å². The van der Waals surface area contributed by atoms with E-state index in [1.54, 1.807) is 0 Å². The van der Waals surface area contributed by atoms with Crippen LogP contribution in [0, 0.1) is 5.41 Å². The molecule has 0 aromatic heterocycles. The monoisotopic (exact) mass is 352 g/mol. The molecule has 25 heavy (non-hydrogen) atoms. The second-order valence-corrected chi connectivity index (χ2v) is 9.63. The van der Waals surface area contributed by atoms with Crippen molar-refractivity contribution in [2.24, 2.45) is 5.41 Å². The second-order valence-electron chi connectivity index (χ2n) is 9.63. The molecule has 2 aliphatic rings. The Kier molecular flexibility index (Phi) is 6.05. The van der Waals surface area contributed by atoms with Gasteiger partial charge >= 0.3 is 6.09 Å². The van der Waals surface area contributed by atoms with Gasteiger partial charge in [-0.1, -0.05) is 19.3 Å². The van der Waals surface area contributed by atoms with Gasteiger partial charge in [-0.2, -0.15) is 0 Å². The number of nitrogens with zero attached hydrogens (tertiary/aromatic N) is 1. The number of nitrogens with one attached hydrogen (secondary N) is 1. The van der Waals surface area contributed by atoms with E-state index in [2.05, 4.69) is 5.32 Å². The number of hydrogen-bond acceptors (Lipinski definition) is 3. The molecule has 5 heteroatoms. The van der Waals surface area contributed by atoms with E-state index in [1.807, 2.05) is 39.5 Å². The van der Waals surface area contributed by atoms with Crippen molar-refractivity contribution in [2.45, 2.75) is 97.1 Å². The molecule has 0 bridgehead atoms. The fourth-order valence-electron chi connectivity index (χ4n) is 4.15. The Balaban J connectivity index is 1.81. The van der Waals surface area contributed by atoms with Gasteiger partial charge in [-0.05, 0) is 65.7 Å². The molecule has 1 heterocycles. The average Bonchev–Trinajstić information content (AvgIpc) is 2.45. The summed E-state index contributed by atoms with van der Waals surface area (Å²) in [6, 6.07) is 0. The maximum absolute atomic E-state index is 12.7. The van der Waals surface area contributed by atoms with E-state index < -0.39 is 17.2 Å². The Bertz CT molecular complexity index is 478. The first-order valence-electron chi connectivity index (χ1n) is 9.79. The molecule has 1 aliphatic carbocycles. The maximum Gasteiger partial charge on any atom is 0.408 e. The molecule has 1 N–H and O–H groups in total. The van der Waals surface area contributed by atoms with Crippen LogP contribution in [0.1, 0.15) is 86.0 Å². The third kappa shape index (κ3) is 6.19. The quantitative estimate of drug-likeness (QED) is 0.826. The first kappa shape index (κ1) is 20.1. The highest BCUT2D eigenvalue weighted by Gasteiger charge is 2.37. The van der Waals surface area contributed by atoms with Crippen LogP contribution in [0.3, 0.4) is 0 Å². The van der Waals surface area contributed by atoms with Crippen molar-refractivity contribution in [3.63, 3.8) is 0 Å². The SMILES string of the molecule is CC(C)(CC(=O)N1CCC2(CCCCC2)CC1)NC(=O)OC(C)(C)C. The van der Waals surface area contributed by atoms with Gasteiger partial charge in [0.2, 0.25) is 5.91 Å². The molecule has 5 nitrogen and oxygen atoms in total. The molecule has 0 atom stereocenters. The van der Waals surface area contributed by atoms with Gasteiger partial charge in [0.05, 0.1) is 0 Å². The molecule has 144 valence electrons. The van der Waals surface area contributed by atoms with E-state index in [1.165, 1.54) is 32.1 Å². The Hall–Kier alpha value is -1.26. The van der Waals surface area contributed by atoms with Crippen LogP contribution < -0.4 is 5.32 Å². The third-order valence-electron chi connectivity index (χ3n) is 5.52. The third-order valence-corrected chi connectivity index (χ3v) is 5.52. The van der Waals surface area contributed by atoms with Crippen LogP contribution >= 0.6 is 0 Å². The van der Waals surface area contributed by atoms with Gasteiger partial charge in [0.25, 0.3) is 0 Å². The minimum Gasteiger partial charge on any atom is -0.444 e. The number of hydrogen-bond donors (Lipinski definition) is 1. The normalized spacial score (nSPS) is 21.1. The van der Waals surface area contributed by atoms with Gasteiger partial charge in [-0.25, -0.2) is 4.79 Å². The van der Waals surface area contributed by atoms with Crippen molar-refractivity contribution >= 4 is 12.0 Å². The lowest BCUT2D eigenvalue weighted by atomic mass is 9.68. The van der Waals surface area contributed by atoms with E-state index in [0.29, 0.717) is 11.8 Å². The van der Waals surface area contributed by atoms with Crippen LogP contribution in [0.5, 0.6) is 0 Å². The van der Waals surface area contributed by atoms with Crippen LogP contribution in [0.2, 0.25) is 0 Å². The van der Waals surface area contributed by atoms with Crippen molar-refractivity contribution < 1.29 is 14.3 Å². The Morgan fingerprint density at radius 2 is 1.52 bits per heavy atom. The van der Waals surface area contributed by atoms with E-state index >= 15 is 0 Å². The van der Waals surface area contributed by atoms with Gasteiger partial charge in [-0.15, -0.1) is 0 Å². The highest BCUT2D eigenvalue weighted by molar-refractivity contribution is 5.78. The first-order chi connectivity index (χ1) is 11.5. The van der Waals surface area contributed by atoms with Crippen LogP contribution in [-0.2, 0) is 9.53 Å². The Morgan fingerprint density at radius 1 is 0.960 bits per heavy atom. The van der Waals surface area contributed by atoms with Gasteiger partial charge in [0.15, 0.2) is 0 Å². The van der Waals surface area contributed by atoms with Crippen LogP contribution in [-0.4, -0.2) is 41.1 Å². The molecule has 0 radical (unpaired) electrons. The predicted octanol–water partition coefficient (Wildman–Crippen LogP) is 4.25. The lowest BCUT2D eigenvalue weighted by Gasteiger charge is -2.44. The van der Waals surface area contributed by atoms with Crippen molar-refractivity contribution in [1.29, 1.82) is 0 Å². The number of rotatable bonds is 3. The number of ether oxygens (including phenoxy) is 1. The van der Waals surface area contributed by atoms with Crippen molar-refractivity contribution in [2.75, 3.05) is 13.1 Å². The standard InChI is InChI=1S/C20H36N2O3/c1-18(2,3)25-17(24)21-19(4,5)15-16(23)22-13-11-20(12-14-22)9-7-6-8-10-20/h6-15H2,1-5H3,(H,21,24). The molecule has 1 aliphatic heterocycles. The molecular weight excluding hydrogens is 316 g/mol. The molecular formula is C20H36N2O3. The van der Waals surface area contributed by atoms with Crippen LogP contribution in [0.15, 0.2) is 0 Å². The van der Waals surface area contributed by atoms with E-state index in [9.17, 15) is 9.59 Å². The molecule has 0 aromatic rings. The average molecular weight is 353 g/mol. The minimum atomic E-state index is -0.612. The van der Waals surface area contributed by atoms with E-state index in [0.717, 1.165) is 25.9 Å². The van der Waals surface area contributed by atoms with Gasteiger partial charge < -0.3 is 15.0 Å². The largest absolute Gasteiger partial charge is 0.444 e. The Labute approximate surface area is 152 Å². The topological polar surface area (TPSA) is 58.6 Å². The number of piperidine rings is 1. The lowest BCUT2D eigenvalue weighted by Crippen LogP contribution is -2.51. The van der Waals surface area contributed by atoms with E-state index in [-0.39, 0.29) is 5.91 Å². The Morgan fingerprint density at radius 3 is 2.04 bits per heavy atom. The second kappa shape index (κ2) is 7.55. The molecule has 1 spiro atoms. The fraction of sp³-hybridized carbons (Fsp3) is 0.900. The first-order valence-corrected chi connectivity index (χ1v) is 9.79. The summed E-state index contributed by atoms with van der Waals surface area (Å²) in [5, 5.41) is 2.83. The maximum atomic E-state index is 12.7. The molecule has 1 saturated heterocycles. The number of carbonyl (C=O) groups excluding carboxylic acids is 2. The summed E-state index contributed by atoms with van der Waals surface area (Å²) in [6.07, 6.45) is 8.85. The summed E-state index contributed by atoms with van der Waals surface area (Å²) < 4.78 is 5.30. The summed E-state index contributed by atoms with van der Waals surface area (Å²) in [4.78, 5) is 26.6. The summed E-state index contributed by atoms with van der Waals surface area (Å²) >= 11 is 0. The van der Waals surface area contributed by atoms with Gasteiger partial charge in [-0.3, -0.25) is 4.79 Å². The molecule has 2 rings (SSSR count). The molecule has 0 aromatic carbocycles. The zero-order chi connectivity index (χ0) is 18.7. The predicted molar refractivity (Wildman–Crippen MR) is 99.4 cm³/mol. The summed E-state index contributed by atoms with van der Waals surface area (Å²) in [5.74, 6) is 0.131. The summed E-state index contributed by atoms with van der Waals surface area (Å²) in [7, 11) is 0. The number of likely N-dealkylation sites (tertiary alicyclic amines) is 1. The molecule has 2 fully saturated rings. The van der Waals surface area contributed by atoms with Gasteiger partial charge in [0, 0.05) is 25.0 Å². The van der Waals surface area contributed by atoms with Gasteiger partial charge in [0.1, 0.15) is 5.60 Å². The molecule has 0 unspecified atom stereocenters. The summed E-state index contributed by atoms with van der Waals surface area (Å²) in [5.41, 5.74) is -0.649. The molecule has 1 saturated carbocycles. The molecule has 2 amide bonds. The zero-order valence-electron chi connectivity index (χ0n) is 16.7. The van der Waals surface area contributed by atoms with Crippen molar-refractivity contribution in [3.8, 4) is 0 Å².